The van der Waals surface area contributed by atoms with Crippen molar-refractivity contribution in [2.75, 3.05) is 62.4 Å². The van der Waals surface area contributed by atoms with Crippen molar-refractivity contribution >= 4 is 11.9 Å². The molecular formula is C19H30N8O2. The van der Waals surface area contributed by atoms with Crippen molar-refractivity contribution in [3.05, 3.63) is 23.3 Å². The molecule has 0 aliphatic carbocycles. The second-order valence-electron chi connectivity index (χ2n) is 6.88. The van der Waals surface area contributed by atoms with Gasteiger partial charge in [-0.1, -0.05) is 6.92 Å². The highest BCUT2D eigenvalue weighted by atomic mass is 16.5. The number of aromatic nitrogens is 6. The number of aryl methyl sites for hydroxylation is 4. The first-order chi connectivity index (χ1) is 14.0. The zero-order valence-electron chi connectivity index (χ0n) is 17.8. The molecule has 0 saturated carbocycles. The Kier molecular flexibility index (Phi) is 7.59. The summed E-state index contributed by atoms with van der Waals surface area (Å²) in [6.07, 6.45) is 0.848. The highest BCUT2D eigenvalue weighted by molar-refractivity contribution is 5.30. The van der Waals surface area contributed by atoms with Crippen LogP contribution in [0.2, 0.25) is 0 Å². The van der Waals surface area contributed by atoms with E-state index in [0.29, 0.717) is 0 Å². The van der Waals surface area contributed by atoms with Crippen LogP contribution in [0.4, 0.5) is 11.9 Å². The van der Waals surface area contributed by atoms with Crippen molar-refractivity contribution in [2.45, 2.75) is 34.1 Å². The first kappa shape index (κ1) is 21.3. The van der Waals surface area contributed by atoms with E-state index < -0.39 is 0 Å². The third-order valence-corrected chi connectivity index (χ3v) is 4.53. The van der Waals surface area contributed by atoms with E-state index in [2.05, 4.69) is 46.6 Å². The summed E-state index contributed by atoms with van der Waals surface area (Å²) in [6, 6.07) is 0. The smallest absolute Gasteiger partial charge is 0.229 e. The highest BCUT2D eigenvalue weighted by Crippen LogP contribution is 2.11. The van der Waals surface area contributed by atoms with Crippen LogP contribution in [0.5, 0.6) is 0 Å². The molecule has 2 aliphatic heterocycles. The number of hydrogen-bond donors (Lipinski definition) is 0. The number of morpholine rings is 2. The van der Waals surface area contributed by atoms with E-state index in [4.69, 9.17) is 9.47 Å². The van der Waals surface area contributed by atoms with Crippen LogP contribution in [-0.4, -0.2) is 82.5 Å². The summed E-state index contributed by atoms with van der Waals surface area (Å²) >= 11 is 0. The van der Waals surface area contributed by atoms with E-state index in [1.54, 1.807) is 0 Å². The molecule has 0 amide bonds. The molecular weight excluding hydrogens is 372 g/mol. The Bertz CT molecular complexity index is 772. The Labute approximate surface area is 171 Å². The summed E-state index contributed by atoms with van der Waals surface area (Å²) < 4.78 is 10.6. The lowest BCUT2D eigenvalue weighted by Gasteiger charge is -2.26. The van der Waals surface area contributed by atoms with E-state index in [9.17, 15) is 0 Å². The van der Waals surface area contributed by atoms with Crippen LogP contribution in [0.15, 0.2) is 0 Å². The number of nitrogens with zero attached hydrogens (tertiary/aromatic N) is 8. The van der Waals surface area contributed by atoms with E-state index in [0.717, 1.165) is 94.2 Å². The van der Waals surface area contributed by atoms with Crippen molar-refractivity contribution in [1.82, 2.24) is 29.9 Å². The fourth-order valence-electron chi connectivity index (χ4n) is 3.09. The van der Waals surface area contributed by atoms with E-state index in [1.807, 2.05) is 20.8 Å². The Morgan fingerprint density at radius 3 is 1.48 bits per heavy atom. The fraction of sp³-hybridized carbons (Fsp3) is 0.684. The lowest BCUT2D eigenvalue weighted by molar-refractivity contribution is 0.122. The van der Waals surface area contributed by atoms with E-state index in [1.165, 1.54) is 0 Å². The average Bonchev–Trinajstić information content (AvgIpc) is 2.74. The van der Waals surface area contributed by atoms with Gasteiger partial charge >= 0.3 is 0 Å². The van der Waals surface area contributed by atoms with Crippen molar-refractivity contribution in [3.8, 4) is 0 Å². The Morgan fingerprint density at radius 2 is 1.03 bits per heavy atom. The minimum atomic E-state index is 0.754. The maximum Gasteiger partial charge on any atom is 0.229 e. The van der Waals surface area contributed by atoms with Gasteiger partial charge in [-0.25, -0.2) is 9.97 Å². The molecule has 2 aliphatic rings. The van der Waals surface area contributed by atoms with Crippen LogP contribution in [0.25, 0.3) is 0 Å². The number of rotatable bonds is 3. The summed E-state index contributed by atoms with van der Waals surface area (Å²) in [4.78, 5) is 30.1. The maximum atomic E-state index is 5.30. The van der Waals surface area contributed by atoms with Crippen molar-refractivity contribution in [3.63, 3.8) is 0 Å². The monoisotopic (exact) mass is 402 g/mol. The third-order valence-electron chi connectivity index (χ3n) is 4.53. The van der Waals surface area contributed by atoms with Crippen LogP contribution >= 0.6 is 0 Å². The van der Waals surface area contributed by atoms with Gasteiger partial charge in [-0.2, -0.15) is 19.9 Å². The summed E-state index contributed by atoms with van der Waals surface area (Å²) in [7, 11) is 0. The predicted molar refractivity (Wildman–Crippen MR) is 109 cm³/mol. The van der Waals surface area contributed by atoms with Crippen molar-refractivity contribution in [2.24, 2.45) is 0 Å². The standard InChI is InChI=1S/C10H16N4O.C9H14N4O/c1-3-9-11-8(2)12-10(13-9)14-4-6-15-7-5-14;1-7-10-8(2)12-9(11-7)13-3-5-14-6-4-13/h3-7H2,1-2H3;3-6H2,1-2H3. The summed E-state index contributed by atoms with van der Waals surface area (Å²) in [6.45, 7) is 14.2. The van der Waals surface area contributed by atoms with E-state index >= 15 is 0 Å². The predicted octanol–water partition coefficient (Wildman–Crippen LogP) is 0.904. The molecule has 2 saturated heterocycles. The maximum absolute atomic E-state index is 5.30. The van der Waals surface area contributed by atoms with Gasteiger partial charge < -0.3 is 19.3 Å². The molecule has 2 fully saturated rings. The summed E-state index contributed by atoms with van der Waals surface area (Å²) in [5, 5.41) is 0. The SMILES string of the molecule is CCc1nc(C)nc(N2CCOCC2)n1.Cc1nc(C)nc(N2CCOCC2)n1. The molecule has 158 valence electrons. The van der Waals surface area contributed by atoms with Crippen LogP contribution < -0.4 is 9.80 Å². The topological polar surface area (TPSA) is 102 Å². The van der Waals surface area contributed by atoms with Gasteiger partial charge in [0.1, 0.15) is 23.3 Å². The lowest BCUT2D eigenvalue weighted by Crippen LogP contribution is -2.37. The molecule has 2 aromatic rings. The van der Waals surface area contributed by atoms with Gasteiger partial charge in [0.25, 0.3) is 0 Å². The third kappa shape index (κ3) is 6.26. The largest absolute Gasteiger partial charge is 0.378 e. The fourth-order valence-corrected chi connectivity index (χ4v) is 3.09. The quantitative estimate of drug-likeness (QED) is 0.736. The Balaban J connectivity index is 0.000000166. The molecule has 0 aromatic carbocycles. The van der Waals surface area contributed by atoms with Gasteiger partial charge in [0.15, 0.2) is 0 Å². The molecule has 0 unspecified atom stereocenters. The van der Waals surface area contributed by atoms with Gasteiger partial charge in [-0.05, 0) is 20.8 Å². The van der Waals surface area contributed by atoms with Crippen LogP contribution in [0.3, 0.4) is 0 Å². The van der Waals surface area contributed by atoms with Crippen LogP contribution in [0.1, 0.15) is 30.2 Å². The number of hydrogen-bond acceptors (Lipinski definition) is 10. The van der Waals surface area contributed by atoms with Crippen LogP contribution in [0, 0.1) is 20.8 Å². The van der Waals surface area contributed by atoms with Gasteiger partial charge in [0.05, 0.1) is 26.4 Å². The van der Waals surface area contributed by atoms with Gasteiger partial charge in [0.2, 0.25) is 11.9 Å². The minimum absolute atomic E-state index is 0.754. The second kappa shape index (κ2) is 10.4. The van der Waals surface area contributed by atoms with Gasteiger partial charge in [-0.3, -0.25) is 0 Å². The van der Waals surface area contributed by atoms with E-state index in [-0.39, 0.29) is 0 Å². The zero-order valence-corrected chi connectivity index (χ0v) is 17.8. The molecule has 10 nitrogen and oxygen atoms in total. The molecule has 0 spiro atoms. The normalized spacial score (nSPS) is 17.0. The zero-order chi connectivity index (χ0) is 20.6. The number of ether oxygens (including phenoxy) is 2. The Hall–Kier alpha value is -2.46. The summed E-state index contributed by atoms with van der Waals surface area (Å²) in [5.41, 5.74) is 0. The Morgan fingerprint density at radius 1 is 0.621 bits per heavy atom. The molecule has 29 heavy (non-hydrogen) atoms. The molecule has 0 atom stereocenters. The van der Waals surface area contributed by atoms with Crippen molar-refractivity contribution < 1.29 is 9.47 Å². The first-order valence-electron chi connectivity index (χ1n) is 10.1. The first-order valence-corrected chi connectivity index (χ1v) is 10.1. The second-order valence-corrected chi connectivity index (χ2v) is 6.88. The molecule has 10 heteroatoms. The minimum Gasteiger partial charge on any atom is -0.378 e. The lowest BCUT2D eigenvalue weighted by atomic mass is 10.4. The number of anilines is 2. The molecule has 0 bridgehead atoms. The molecule has 4 heterocycles. The molecule has 0 radical (unpaired) electrons. The highest BCUT2D eigenvalue weighted by Gasteiger charge is 2.15. The summed E-state index contributed by atoms with van der Waals surface area (Å²) in [5.74, 6) is 4.78. The van der Waals surface area contributed by atoms with Crippen LogP contribution in [-0.2, 0) is 15.9 Å². The van der Waals surface area contributed by atoms with Gasteiger partial charge in [0, 0.05) is 32.6 Å². The average molecular weight is 403 g/mol. The molecule has 4 rings (SSSR count). The molecule has 0 N–H and O–H groups in total. The van der Waals surface area contributed by atoms with Gasteiger partial charge in [-0.15, -0.1) is 0 Å². The molecule has 2 aromatic heterocycles. The van der Waals surface area contributed by atoms with Crippen molar-refractivity contribution in [1.29, 1.82) is 0 Å².